The summed E-state index contributed by atoms with van der Waals surface area (Å²) in [6.07, 6.45) is 4.27. The number of nitrogens with two attached hydrogens (primary N) is 1. The molecule has 1 unspecified atom stereocenters. The van der Waals surface area contributed by atoms with Crippen LogP contribution in [0.3, 0.4) is 0 Å². The van der Waals surface area contributed by atoms with Crippen molar-refractivity contribution in [2.24, 2.45) is 5.73 Å². The summed E-state index contributed by atoms with van der Waals surface area (Å²) in [4.78, 5) is 18.1. The Kier molecular flexibility index (Phi) is 4.04. The molecule has 9 heteroatoms. The minimum Gasteiger partial charge on any atom is -0.341 e. The molecular formula is C15H17Br2N5O2. The Bertz CT molecular complexity index is 833. The van der Waals surface area contributed by atoms with Crippen LogP contribution in [0.1, 0.15) is 31.7 Å². The van der Waals surface area contributed by atoms with Gasteiger partial charge in [0.2, 0.25) is 5.95 Å². The number of rotatable bonds is 3. The summed E-state index contributed by atoms with van der Waals surface area (Å²) in [5.41, 5.74) is 7.33. The number of halogens is 2. The zero-order chi connectivity index (χ0) is 17.0. The standard InChI is InChI=1S/C15H17Br2N5O2/c16-10-6-11-13(14(12(10)17)22(23)24)19-15(20-5-4-8(18)7-20)21(11)9-2-1-3-9/h6,8-9H,1-5,7,18H2. The smallest absolute Gasteiger partial charge is 0.312 e. The Morgan fingerprint density at radius 1 is 1.33 bits per heavy atom. The molecule has 1 atom stereocenters. The molecule has 0 amide bonds. The van der Waals surface area contributed by atoms with Gasteiger partial charge in [0.05, 0.1) is 10.4 Å². The SMILES string of the molecule is NC1CCN(c2nc3c([N+](=O)[O-])c(Br)c(Br)cc3n2C2CCC2)C1. The zero-order valence-electron chi connectivity index (χ0n) is 12.9. The van der Waals surface area contributed by atoms with Gasteiger partial charge in [-0.25, -0.2) is 4.98 Å². The second-order valence-electron chi connectivity index (χ2n) is 6.51. The largest absolute Gasteiger partial charge is 0.341 e. The molecular weight excluding hydrogens is 442 g/mol. The van der Waals surface area contributed by atoms with E-state index in [4.69, 9.17) is 10.7 Å². The number of hydrogen-bond acceptors (Lipinski definition) is 5. The number of benzene rings is 1. The molecule has 4 rings (SSSR count). The van der Waals surface area contributed by atoms with Gasteiger partial charge in [0.25, 0.3) is 0 Å². The van der Waals surface area contributed by atoms with Crippen LogP contribution < -0.4 is 10.6 Å². The molecule has 1 aliphatic heterocycles. The van der Waals surface area contributed by atoms with E-state index >= 15 is 0 Å². The van der Waals surface area contributed by atoms with Crippen molar-refractivity contribution < 1.29 is 4.92 Å². The van der Waals surface area contributed by atoms with Gasteiger partial charge in [-0.1, -0.05) is 0 Å². The summed E-state index contributed by atoms with van der Waals surface area (Å²) >= 11 is 6.76. The van der Waals surface area contributed by atoms with Crippen LogP contribution >= 0.6 is 31.9 Å². The molecule has 2 heterocycles. The van der Waals surface area contributed by atoms with E-state index in [-0.39, 0.29) is 16.7 Å². The lowest BCUT2D eigenvalue weighted by atomic mass is 9.92. The number of nitro groups is 1. The average molecular weight is 459 g/mol. The van der Waals surface area contributed by atoms with Crippen molar-refractivity contribution in [3.63, 3.8) is 0 Å². The molecule has 1 saturated carbocycles. The summed E-state index contributed by atoms with van der Waals surface area (Å²) in [5.74, 6) is 0.816. The second-order valence-corrected chi connectivity index (χ2v) is 8.15. The van der Waals surface area contributed by atoms with E-state index in [1.54, 1.807) is 0 Å². The van der Waals surface area contributed by atoms with E-state index in [2.05, 4.69) is 41.3 Å². The molecule has 2 aromatic rings. The topological polar surface area (TPSA) is 90.2 Å². The van der Waals surface area contributed by atoms with Crippen LogP contribution in [-0.4, -0.2) is 33.6 Å². The highest BCUT2D eigenvalue weighted by atomic mass is 79.9. The maximum absolute atomic E-state index is 11.6. The number of anilines is 1. The molecule has 1 saturated heterocycles. The van der Waals surface area contributed by atoms with Crippen molar-refractivity contribution in [3.8, 4) is 0 Å². The van der Waals surface area contributed by atoms with Crippen LogP contribution in [0.2, 0.25) is 0 Å². The molecule has 128 valence electrons. The van der Waals surface area contributed by atoms with Gasteiger partial charge in [-0.2, -0.15) is 0 Å². The zero-order valence-corrected chi connectivity index (χ0v) is 16.1. The number of imidazole rings is 1. The van der Waals surface area contributed by atoms with E-state index in [1.807, 2.05) is 6.07 Å². The monoisotopic (exact) mass is 457 g/mol. The first-order valence-corrected chi connectivity index (χ1v) is 9.61. The molecule has 1 aromatic heterocycles. The van der Waals surface area contributed by atoms with Gasteiger partial charge in [0.1, 0.15) is 4.47 Å². The lowest BCUT2D eigenvalue weighted by Gasteiger charge is -2.31. The predicted octanol–water partition coefficient (Wildman–Crippen LogP) is 3.73. The number of aromatic nitrogens is 2. The lowest BCUT2D eigenvalue weighted by molar-refractivity contribution is -0.384. The summed E-state index contributed by atoms with van der Waals surface area (Å²) in [5, 5.41) is 11.6. The van der Waals surface area contributed by atoms with Crippen LogP contribution in [0.4, 0.5) is 11.6 Å². The first kappa shape index (κ1) is 16.3. The number of fused-ring (bicyclic) bond motifs is 1. The Labute approximate surface area is 155 Å². The first-order valence-electron chi connectivity index (χ1n) is 8.02. The lowest BCUT2D eigenvalue weighted by Crippen LogP contribution is -2.30. The molecule has 0 bridgehead atoms. The third kappa shape index (κ3) is 2.44. The Morgan fingerprint density at radius 2 is 2.08 bits per heavy atom. The van der Waals surface area contributed by atoms with Crippen molar-refractivity contribution >= 4 is 54.5 Å². The summed E-state index contributed by atoms with van der Waals surface area (Å²) in [7, 11) is 0. The van der Waals surface area contributed by atoms with Crippen LogP contribution in [-0.2, 0) is 0 Å². The fourth-order valence-electron chi connectivity index (χ4n) is 3.51. The van der Waals surface area contributed by atoms with Crippen LogP contribution in [0, 0.1) is 10.1 Å². The Hall–Kier alpha value is -1.19. The van der Waals surface area contributed by atoms with Crippen LogP contribution in [0.5, 0.6) is 0 Å². The molecule has 1 aromatic carbocycles. The van der Waals surface area contributed by atoms with Crippen LogP contribution in [0.15, 0.2) is 15.0 Å². The van der Waals surface area contributed by atoms with Gasteiger partial charge in [-0.05, 0) is 63.6 Å². The fourth-order valence-corrected chi connectivity index (χ4v) is 4.36. The second kappa shape index (κ2) is 5.96. The molecule has 2 aliphatic rings. The highest BCUT2D eigenvalue weighted by Gasteiger charge is 2.33. The van der Waals surface area contributed by atoms with Gasteiger partial charge in [0.15, 0.2) is 5.52 Å². The number of nitro benzene ring substituents is 1. The number of hydrogen-bond donors (Lipinski definition) is 1. The van der Waals surface area contributed by atoms with Gasteiger partial charge in [-0.15, -0.1) is 0 Å². The number of nitrogens with zero attached hydrogens (tertiary/aromatic N) is 4. The van der Waals surface area contributed by atoms with Crippen molar-refractivity contribution in [2.75, 3.05) is 18.0 Å². The third-order valence-electron chi connectivity index (χ3n) is 4.96. The highest BCUT2D eigenvalue weighted by molar-refractivity contribution is 9.13. The maximum Gasteiger partial charge on any atom is 0.312 e. The summed E-state index contributed by atoms with van der Waals surface area (Å²) in [6.45, 7) is 1.58. The normalized spacial score (nSPS) is 21.5. The van der Waals surface area contributed by atoms with E-state index in [9.17, 15) is 10.1 Å². The molecule has 2 N–H and O–H groups in total. The maximum atomic E-state index is 11.6. The quantitative estimate of drug-likeness (QED) is 0.558. The van der Waals surface area contributed by atoms with E-state index < -0.39 is 0 Å². The van der Waals surface area contributed by atoms with E-state index in [0.29, 0.717) is 20.5 Å². The molecule has 0 spiro atoms. The van der Waals surface area contributed by atoms with Crippen molar-refractivity contribution in [2.45, 2.75) is 37.8 Å². The van der Waals surface area contributed by atoms with E-state index in [0.717, 1.165) is 43.8 Å². The highest BCUT2D eigenvalue weighted by Crippen LogP contribution is 2.44. The predicted molar refractivity (Wildman–Crippen MR) is 99.5 cm³/mol. The van der Waals surface area contributed by atoms with Crippen molar-refractivity contribution in [3.05, 3.63) is 25.1 Å². The third-order valence-corrected chi connectivity index (χ3v) is 6.92. The minimum absolute atomic E-state index is 0.0159. The van der Waals surface area contributed by atoms with Gasteiger partial charge in [-0.3, -0.25) is 10.1 Å². The average Bonchev–Trinajstić information content (AvgIpc) is 3.03. The van der Waals surface area contributed by atoms with Crippen molar-refractivity contribution in [1.82, 2.24) is 9.55 Å². The molecule has 2 fully saturated rings. The van der Waals surface area contributed by atoms with Gasteiger partial charge < -0.3 is 15.2 Å². The van der Waals surface area contributed by atoms with Gasteiger partial charge >= 0.3 is 5.69 Å². The molecule has 1 aliphatic carbocycles. The fraction of sp³-hybridized carbons (Fsp3) is 0.533. The van der Waals surface area contributed by atoms with Crippen LogP contribution in [0.25, 0.3) is 11.0 Å². The Morgan fingerprint density at radius 3 is 2.62 bits per heavy atom. The van der Waals surface area contributed by atoms with Crippen molar-refractivity contribution in [1.29, 1.82) is 0 Å². The molecule has 0 radical (unpaired) electrons. The summed E-state index contributed by atoms with van der Waals surface area (Å²) < 4.78 is 3.29. The minimum atomic E-state index is -0.366. The Balaban J connectivity index is 1.98. The summed E-state index contributed by atoms with van der Waals surface area (Å²) in [6, 6.07) is 2.42. The molecule has 7 nitrogen and oxygen atoms in total. The van der Waals surface area contributed by atoms with Gasteiger partial charge in [0, 0.05) is 29.6 Å². The van der Waals surface area contributed by atoms with E-state index in [1.165, 1.54) is 6.42 Å². The molecule has 24 heavy (non-hydrogen) atoms. The first-order chi connectivity index (χ1) is 11.5.